The zero-order valence-corrected chi connectivity index (χ0v) is 10.7. The van der Waals surface area contributed by atoms with Crippen molar-refractivity contribution in [2.24, 2.45) is 0 Å². The van der Waals surface area contributed by atoms with Gasteiger partial charge in [0.05, 0.1) is 11.6 Å². The molecule has 1 saturated carbocycles. The third-order valence-electron chi connectivity index (χ3n) is 2.52. The molecule has 1 aliphatic carbocycles. The number of likely N-dealkylation sites (N-methyl/N-ethyl adjacent to an activating group) is 1. The zero-order valence-electron chi connectivity index (χ0n) is 9.90. The van der Waals surface area contributed by atoms with Gasteiger partial charge >= 0.3 is 11.8 Å². The smallest absolute Gasteiger partial charge is 0.311 e. The fraction of sp³-hybridized carbons (Fsp3) is 0.545. The second-order valence-electron chi connectivity index (χ2n) is 4.25. The van der Waals surface area contributed by atoms with Crippen LogP contribution in [0, 0.1) is 6.92 Å². The van der Waals surface area contributed by atoms with Crippen LogP contribution in [0.25, 0.3) is 0 Å². The van der Waals surface area contributed by atoms with Crippen LogP contribution < -0.4 is 5.32 Å². The van der Waals surface area contributed by atoms with Gasteiger partial charge in [0.1, 0.15) is 0 Å². The quantitative estimate of drug-likeness (QED) is 0.806. The number of nitrogens with zero attached hydrogens (tertiary/aromatic N) is 2. The summed E-state index contributed by atoms with van der Waals surface area (Å²) in [4.78, 5) is 29.7. The minimum Gasteiger partial charge on any atom is -0.345 e. The Bertz CT molecular complexity index is 440. The van der Waals surface area contributed by atoms with Crippen LogP contribution in [0.3, 0.4) is 0 Å². The van der Waals surface area contributed by atoms with Crippen molar-refractivity contribution in [3.8, 4) is 0 Å². The Kier molecular flexibility index (Phi) is 3.42. The van der Waals surface area contributed by atoms with Gasteiger partial charge in [-0.1, -0.05) is 0 Å². The largest absolute Gasteiger partial charge is 0.345 e. The topological polar surface area (TPSA) is 62.3 Å². The van der Waals surface area contributed by atoms with E-state index in [-0.39, 0.29) is 6.04 Å². The number of hydrogen-bond donors (Lipinski definition) is 1. The SMILES string of the molecule is Cc1ncc(CN(C)C(=O)C(=O)NC2CC2)s1. The molecule has 0 atom stereocenters. The van der Waals surface area contributed by atoms with E-state index in [0.717, 1.165) is 22.7 Å². The summed E-state index contributed by atoms with van der Waals surface area (Å²) in [7, 11) is 1.63. The summed E-state index contributed by atoms with van der Waals surface area (Å²) in [6.07, 6.45) is 3.70. The van der Waals surface area contributed by atoms with Gasteiger partial charge < -0.3 is 10.2 Å². The van der Waals surface area contributed by atoms with Crippen LogP contribution in [0.4, 0.5) is 0 Å². The maximum atomic E-state index is 11.7. The van der Waals surface area contributed by atoms with Crippen molar-refractivity contribution in [2.45, 2.75) is 32.4 Å². The summed E-state index contributed by atoms with van der Waals surface area (Å²) < 4.78 is 0. The highest BCUT2D eigenvalue weighted by molar-refractivity contribution is 7.11. The lowest BCUT2D eigenvalue weighted by molar-refractivity contribution is -0.145. The van der Waals surface area contributed by atoms with E-state index in [2.05, 4.69) is 10.3 Å². The molecule has 1 aliphatic rings. The second-order valence-corrected chi connectivity index (χ2v) is 5.57. The van der Waals surface area contributed by atoms with Crippen molar-refractivity contribution >= 4 is 23.2 Å². The van der Waals surface area contributed by atoms with Crippen LogP contribution in [0.15, 0.2) is 6.20 Å². The molecule has 1 aromatic rings. The predicted molar refractivity (Wildman–Crippen MR) is 64.5 cm³/mol. The number of amides is 2. The van der Waals surface area contributed by atoms with Crippen LogP contribution in [-0.4, -0.2) is 34.8 Å². The van der Waals surface area contributed by atoms with E-state index >= 15 is 0 Å². The number of thiazole rings is 1. The van der Waals surface area contributed by atoms with E-state index in [4.69, 9.17) is 0 Å². The van der Waals surface area contributed by atoms with E-state index in [9.17, 15) is 9.59 Å². The van der Waals surface area contributed by atoms with Crippen LogP contribution in [0.1, 0.15) is 22.7 Å². The van der Waals surface area contributed by atoms with Crippen molar-refractivity contribution in [1.82, 2.24) is 15.2 Å². The van der Waals surface area contributed by atoms with Gasteiger partial charge in [-0.3, -0.25) is 9.59 Å². The third-order valence-corrected chi connectivity index (χ3v) is 3.41. The summed E-state index contributed by atoms with van der Waals surface area (Å²) in [5, 5.41) is 3.64. The molecule has 17 heavy (non-hydrogen) atoms. The molecule has 1 heterocycles. The molecule has 1 fully saturated rings. The molecular weight excluding hydrogens is 238 g/mol. The van der Waals surface area contributed by atoms with Gasteiger partial charge in [0.25, 0.3) is 0 Å². The molecule has 2 amide bonds. The fourth-order valence-corrected chi connectivity index (χ4v) is 2.28. The number of carbonyl (C=O) groups excluding carboxylic acids is 2. The van der Waals surface area contributed by atoms with Crippen molar-refractivity contribution in [3.63, 3.8) is 0 Å². The van der Waals surface area contributed by atoms with Crippen LogP contribution in [0.5, 0.6) is 0 Å². The van der Waals surface area contributed by atoms with Crippen molar-refractivity contribution in [2.75, 3.05) is 7.05 Å². The molecule has 0 radical (unpaired) electrons. The molecule has 6 heteroatoms. The Morgan fingerprint density at radius 3 is 2.82 bits per heavy atom. The second kappa shape index (κ2) is 4.83. The molecule has 0 aliphatic heterocycles. The van der Waals surface area contributed by atoms with Gasteiger partial charge in [-0.05, 0) is 19.8 Å². The number of hydrogen-bond acceptors (Lipinski definition) is 4. The normalized spacial score (nSPS) is 14.5. The minimum atomic E-state index is -0.503. The monoisotopic (exact) mass is 253 g/mol. The van der Waals surface area contributed by atoms with Gasteiger partial charge in [-0.15, -0.1) is 11.3 Å². The lowest BCUT2D eigenvalue weighted by Crippen LogP contribution is -2.41. The Morgan fingerprint density at radius 2 is 2.29 bits per heavy atom. The highest BCUT2D eigenvalue weighted by atomic mass is 32.1. The number of rotatable bonds is 3. The number of aromatic nitrogens is 1. The predicted octanol–water partition coefficient (Wildman–Crippen LogP) is 0.689. The van der Waals surface area contributed by atoms with Gasteiger partial charge in [-0.2, -0.15) is 0 Å². The van der Waals surface area contributed by atoms with Crippen LogP contribution in [-0.2, 0) is 16.1 Å². The van der Waals surface area contributed by atoms with Gasteiger partial charge in [0, 0.05) is 24.2 Å². The molecular formula is C11H15N3O2S. The molecule has 0 saturated heterocycles. The molecule has 2 rings (SSSR count). The molecule has 5 nitrogen and oxygen atoms in total. The van der Waals surface area contributed by atoms with Crippen LogP contribution in [0.2, 0.25) is 0 Å². The molecule has 1 N–H and O–H groups in total. The molecule has 0 spiro atoms. The van der Waals surface area contributed by atoms with Crippen molar-refractivity contribution < 1.29 is 9.59 Å². The Morgan fingerprint density at radius 1 is 1.59 bits per heavy atom. The van der Waals surface area contributed by atoms with E-state index in [1.54, 1.807) is 13.2 Å². The first-order valence-electron chi connectivity index (χ1n) is 5.53. The van der Waals surface area contributed by atoms with E-state index in [0.29, 0.717) is 6.54 Å². The first-order valence-corrected chi connectivity index (χ1v) is 6.35. The summed E-state index contributed by atoms with van der Waals surface area (Å²) in [5.41, 5.74) is 0. The van der Waals surface area contributed by atoms with E-state index in [1.165, 1.54) is 16.2 Å². The van der Waals surface area contributed by atoms with E-state index < -0.39 is 11.8 Å². The van der Waals surface area contributed by atoms with Crippen LogP contribution >= 0.6 is 11.3 Å². The van der Waals surface area contributed by atoms with Crippen molar-refractivity contribution in [3.05, 3.63) is 16.1 Å². The summed E-state index contributed by atoms with van der Waals surface area (Å²) in [6, 6.07) is 0.213. The van der Waals surface area contributed by atoms with Gasteiger partial charge in [0.2, 0.25) is 0 Å². The van der Waals surface area contributed by atoms with Gasteiger partial charge in [0.15, 0.2) is 0 Å². The fourth-order valence-electron chi connectivity index (χ4n) is 1.43. The molecule has 0 aromatic carbocycles. The highest BCUT2D eigenvalue weighted by Crippen LogP contribution is 2.18. The Balaban J connectivity index is 1.87. The highest BCUT2D eigenvalue weighted by Gasteiger charge is 2.28. The Labute approximate surface area is 104 Å². The lowest BCUT2D eigenvalue weighted by atomic mass is 10.4. The standard InChI is InChI=1S/C11H15N3O2S/c1-7-12-5-9(17-7)6-14(2)11(16)10(15)13-8-3-4-8/h5,8H,3-4,6H2,1-2H3,(H,13,15). The minimum absolute atomic E-state index is 0.213. The first-order chi connectivity index (χ1) is 8.06. The Hall–Kier alpha value is -1.43. The average Bonchev–Trinajstić information content (AvgIpc) is 3.00. The zero-order chi connectivity index (χ0) is 12.4. The maximum Gasteiger partial charge on any atom is 0.311 e. The third kappa shape index (κ3) is 3.26. The van der Waals surface area contributed by atoms with E-state index in [1.807, 2.05) is 6.92 Å². The lowest BCUT2D eigenvalue weighted by Gasteiger charge is -2.15. The summed E-state index contributed by atoms with van der Waals surface area (Å²) in [6.45, 7) is 2.35. The number of nitrogens with one attached hydrogen (secondary N) is 1. The molecule has 92 valence electrons. The first kappa shape index (κ1) is 12.0. The summed E-state index contributed by atoms with van der Waals surface area (Å²) in [5.74, 6) is -0.987. The maximum absolute atomic E-state index is 11.7. The summed E-state index contributed by atoms with van der Waals surface area (Å²) >= 11 is 1.53. The number of carbonyl (C=O) groups is 2. The molecule has 1 aromatic heterocycles. The van der Waals surface area contributed by atoms with Crippen molar-refractivity contribution in [1.29, 1.82) is 0 Å². The average molecular weight is 253 g/mol. The molecule has 0 bridgehead atoms. The number of aryl methyl sites for hydroxylation is 1. The molecule has 0 unspecified atom stereocenters. The van der Waals surface area contributed by atoms with Gasteiger partial charge in [-0.25, -0.2) is 4.98 Å².